The van der Waals surface area contributed by atoms with Crippen molar-refractivity contribution >= 4 is 28.2 Å². The number of rotatable bonds is 5. The molecule has 5 unspecified atom stereocenters. The number of pyridine rings is 1. The quantitative estimate of drug-likeness (QED) is 0.532. The van der Waals surface area contributed by atoms with Gasteiger partial charge in [-0.25, -0.2) is 0 Å². The van der Waals surface area contributed by atoms with E-state index < -0.39 is 0 Å². The normalized spacial score (nSPS) is 26.3. The molecule has 5 atom stereocenters. The minimum atomic E-state index is -0.0992. The predicted molar refractivity (Wildman–Crippen MR) is 131 cm³/mol. The highest BCUT2D eigenvalue weighted by Crippen LogP contribution is 2.42. The van der Waals surface area contributed by atoms with E-state index in [4.69, 9.17) is 17.0 Å². The molecule has 0 aliphatic carbocycles. The van der Waals surface area contributed by atoms with Gasteiger partial charge in [0.1, 0.15) is 5.75 Å². The first-order valence-corrected chi connectivity index (χ1v) is 11.6. The first-order valence-electron chi connectivity index (χ1n) is 11.2. The number of benzene rings is 1. The molecule has 6 heteroatoms. The van der Waals surface area contributed by atoms with Crippen LogP contribution in [0.1, 0.15) is 45.2 Å². The van der Waals surface area contributed by atoms with E-state index in [1.54, 1.807) is 7.11 Å². The summed E-state index contributed by atoms with van der Waals surface area (Å²) in [6.07, 6.45) is 6.44. The van der Waals surface area contributed by atoms with Gasteiger partial charge in [0.05, 0.1) is 18.7 Å². The molecule has 3 aliphatic rings. The molecule has 1 aromatic heterocycles. The molecule has 166 valence electrons. The van der Waals surface area contributed by atoms with Crippen LogP contribution in [0.2, 0.25) is 0 Å². The minimum Gasteiger partial charge on any atom is -0.497 e. The Hall–Kier alpha value is -2.18. The monoisotopic (exact) mass is 438 g/mol. The molecule has 3 aliphatic heterocycles. The first-order chi connectivity index (χ1) is 14.8. The van der Waals surface area contributed by atoms with Crippen LogP contribution in [-0.2, 0) is 0 Å². The van der Waals surface area contributed by atoms with Gasteiger partial charge in [0, 0.05) is 29.7 Å². The van der Waals surface area contributed by atoms with Crippen molar-refractivity contribution < 1.29 is 4.74 Å². The van der Waals surface area contributed by atoms with Gasteiger partial charge in [0.15, 0.2) is 5.11 Å². The maximum Gasteiger partial charge on any atom is 0.167 e. The van der Waals surface area contributed by atoms with Crippen LogP contribution in [0, 0.1) is 11.8 Å². The van der Waals surface area contributed by atoms with Crippen molar-refractivity contribution in [2.75, 3.05) is 20.2 Å². The summed E-state index contributed by atoms with van der Waals surface area (Å²) in [4.78, 5) is 7.22. The van der Waals surface area contributed by atoms with Gasteiger partial charge in [-0.05, 0) is 94.0 Å². The third-order valence-electron chi connectivity index (χ3n) is 6.63. The topological polar surface area (TPSA) is 49.4 Å². The van der Waals surface area contributed by atoms with Gasteiger partial charge in [-0.2, -0.15) is 0 Å². The summed E-state index contributed by atoms with van der Waals surface area (Å²) in [7, 11) is 1.70. The Morgan fingerprint density at radius 3 is 2.81 bits per heavy atom. The van der Waals surface area contributed by atoms with E-state index in [-0.39, 0.29) is 11.6 Å². The van der Waals surface area contributed by atoms with Crippen LogP contribution in [0.3, 0.4) is 0 Å². The summed E-state index contributed by atoms with van der Waals surface area (Å²) < 4.78 is 5.52. The highest BCUT2D eigenvalue weighted by atomic mass is 32.1. The lowest BCUT2D eigenvalue weighted by Crippen LogP contribution is -2.58. The molecule has 2 aromatic rings. The molecule has 5 nitrogen and oxygen atoms in total. The molecule has 1 aromatic carbocycles. The molecule has 3 saturated heterocycles. The second-order valence-corrected chi connectivity index (χ2v) is 10.3. The zero-order valence-corrected chi connectivity index (χ0v) is 19.8. The van der Waals surface area contributed by atoms with E-state index >= 15 is 0 Å². The summed E-state index contributed by atoms with van der Waals surface area (Å²) >= 11 is 5.75. The predicted octanol–water partition coefficient (Wildman–Crippen LogP) is 4.44. The maximum atomic E-state index is 5.75. The smallest absolute Gasteiger partial charge is 0.167 e. The zero-order valence-electron chi connectivity index (χ0n) is 19.0. The summed E-state index contributed by atoms with van der Waals surface area (Å²) in [5.41, 5.74) is 2.09. The average Bonchev–Trinajstić information content (AvgIpc) is 2.75. The van der Waals surface area contributed by atoms with Crippen LogP contribution >= 0.6 is 12.2 Å². The summed E-state index contributed by atoms with van der Waals surface area (Å²) in [5, 5.41) is 8.93. The molecule has 0 saturated carbocycles. The van der Waals surface area contributed by atoms with Gasteiger partial charge in [0.25, 0.3) is 0 Å². The van der Waals surface area contributed by atoms with Crippen molar-refractivity contribution in [3.63, 3.8) is 0 Å². The lowest BCUT2D eigenvalue weighted by atomic mass is 9.73. The molecule has 0 amide bonds. The van der Waals surface area contributed by atoms with Gasteiger partial charge < -0.3 is 15.4 Å². The Labute approximate surface area is 191 Å². The Morgan fingerprint density at radius 1 is 1.35 bits per heavy atom. The Kier molecular flexibility index (Phi) is 6.22. The van der Waals surface area contributed by atoms with E-state index in [1.807, 2.05) is 18.3 Å². The molecule has 2 bridgehead atoms. The highest BCUT2D eigenvalue weighted by Gasteiger charge is 2.43. The number of piperidine rings is 3. The van der Waals surface area contributed by atoms with E-state index in [9.17, 15) is 0 Å². The Balaban J connectivity index is 1.74. The number of hydrogen-bond acceptors (Lipinski definition) is 4. The van der Waals surface area contributed by atoms with E-state index in [0.29, 0.717) is 23.0 Å². The maximum absolute atomic E-state index is 5.75. The number of nitrogens with zero attached hydrogens (tertiary/aromatic N) is 2. The first kappa shape index (κ1) is 22.0. The fourth-order valence-corrected chi connectivity index (χ4v) is 5.60. The van der Waals surface area contributed by atoms with Crippen molar-refractivity contribution in [2.45, 2.75) is 51.2 Å². The Bertz CT molecular complexity index is 970. The summed E-state index contributed by atoms with van der Waals surface area (Å²) in [6, 6.07) is 8.65. The van der Waals surface area contributed by atoms with E-state index in [0.717, 1.165) is 36.2 Å². The number of hydrogen-bond donors (Lipinski definition) is 2. The summed E-state index contributed by atoms with van der Waals surface area (Å²) in [5.74, 6) is 2.11. The number of nitrogens with one attached hydrogen (secondary N) is 2. The van der Waals surface area contributed by atoms with Crippen molar-refractivity contribution in [3.05, 3.63) is 48.7 Å². The van der Waals surface area contributed by atoms with Crippen molar-refractivity contribution in [1.82, 2.24) is 20.5 Å². The molecule has 0 spiro atoms. The van der Waals surface area contributed by atoms with Gasteiger partial charge in [-0.15, -0.1) is 6.58 Å². The molecule has 3 fully saturated rings. The minimum absolute atomic E-state index is 0.0634. The molecule has 2 N–H and O–H groups in total. The largest absolute Gasteiger partial charge is 0.497 e. The van der Waals surface area contributed by atoms with Crippen LogP contribution in [-0.4, -0.2) is 46.8 Å². The number of aromatic nitrogens is 1. The Morgan fingerprint density at radius 2 is 2.16 bits per heavy atom. The highest BCUT2D eigenvalue weighted by molar-refractivity contribution is 7.80. The molecule has 0 radical (unpaired) electrons. The van der Waals surface area contributed by atoms with Gasteiger partial charge in [-0.3, -0.25) is 9.88 Å². The average molecular weight is 439 g/mol. The standard InChI is InChI=1S/C25H34N4OS/c1-6-16-15-29-12-10-17(16)13-22(29)23(27-24(31)28-25(2,3)4)19-9-11-26-21-8-7-18(30-5)14-20(19)21/h6-9,11,14,16-17,22-23H,1,10,12-13,15H2,2-5H3,(H2,27,28,31). The van der Waals surface area contributed by atoms with Crippen LogP contribution in [0.5, 0.6) is 5.75 Å². The second-order valence-electron chi connectivity index (χ2n) is 9.86. The van der Waals surface area contributed by atoms with E-state index in [2.05, 4.69) is 66.1 Å². The van der Waals surface area contributed by atoms with Crippen LogP contribution in [0.4, 0.5) is 0 Å². The molecular formula is C25H34N4OS. The van der Waals surface area contributed by atoms with Crippen molar-refractivity contribution in [2.24, 2.45) is 11.8 Å². The van der Waals surface area contributed by atoms with Crippen molar-refractivity contribution in [3.8, 4) is 5.75 Å². The van der Waals surface area contributed by atoms with Gasteiger partial charge in [0.2, 0.25) is 0 Å². The third-order valence-corrected chi connectivity index (χ3v) is 6.85. The number of methoxy groups -OCH3 is 1. The van der Waals surface area contributed by atoms with Crippen molar-refractivity contribution in [1.29, 1.82) is 0 Å². The SMILES string of the molecule is C=CC1CN2CCC1CC2C(NC(=S)NC(C)(C)C)c1ccnc2ccc(OC)cc12. The molecule has 4 heterocycles. The van der Waals surface area contributed by atoms with Crippen LogP contribution in [0.15, 0.2) is 43.1 Å². The lowest BCUT2D eigenvalue weighted by Gasteiger charge is -2.52. The summed E-state index contributed by atoms with van der Waals surface area (Å²) in [6.45, 7) is 12.7. The third kappa shape index (κ3) is 4.70. The number of thiocarbonyl (C=S) groups is 1. The van der Waals surface area contributed by atoms with Crippen LogP contribution in [0.25, 0.3) is 10.9 Å². The van der Waals surface area contributed by atoms with Gasteiger partial charge in [-0.1, -0.05) is 6.08 Å². The van der Waals surface area contributed by atoms with Crippen LogP contribution < -0.4 is 15.4 Å². The van der Waals surface area contributed by atoms with E-state index in [1.165, 1.54) is 12.0 Å². The lowest BCUT2D eigenvalue weighted by molar-refractivity contribution is 0.00424. The zero-order chi connectivity index (χ0) is 22.2. The number of fused-ring (bicyclic) bond motifs is 4. The fourth-order valence-electron chi connectivity index (χ4n) is 5.17. The molecule has 5 rings (SSSR count). The second kappa shape index (κ2) is 8.75. The fraction of sp³-hybridized carbons (Fsp3) is 0.520. The molecular weight excluding hydrogens is 404 g/mol. The molecule has 31 heavy (non-hydrogen) atoms. The number of ether oxygens (including phenoxy) is 1. The van der Waals surface area contributed by atoms with Gasteiger partial charge >= 0.3 is 0 Å².